The summed E-state index contributed by atoms with van der Waals surface area (Å²) in [5, 5.41) is 10.6. The SMILES string of the molecule is COC(=O)N1CC(Oc2cc(F)cc([N+](=O)[O-])c2)C1. The first-order chi connectivity index (χ1) is 8.99. The van der Waals surface area contributed by atoms with Crippen LogP contribution in [0.5, 0.6) is 5.75 Å². The van der Waals surface area contributed by atoms with E-state index in [9.17, 15) is 19.3 Å². The first-order valence-electron chi connectivity index (χ1n) is 5.44. The van der Waals surface area contributed by atoms with Crippen LogP contribution >= 0.6 is 0 Å². The smallest absolute Gasteiger partial charge is 0.409 e. The molecular weight excluding hydrogens is 259 g/mol. The predicted octanol–water partition coefficient (Wildman–Crippen LogP) is 1.56. The van der Waals surface area contributed by atoms with Gasteiger partial charge in [0.15, 0.2) is 0 Å². The molecule has 2 rings (SSSR count). The maximum absolute atomic E-state index is 13.2. The highest BCUT2D eigenvalue weighted by Crippen LogP contribution is 2.24. The van der Waals surface area contributed by atoms with Gasteiger partial charge in [0.25, 0.3) is 5.69 Å². The first-order valence-corrected chi connectivity index (χ1v) is 5.44. The van der Waals surface area contributed by atoms with Crippen LogP contribution in [0.25, 0.3) is 0 Å². The topological polar surface area (TPSA) is 81.9 Å². The molecule has 8 heteroatoms. The standard InChI is InChI=1S/C11H11FN2O5/c1-18-11(15)13-5-10(6-13)19-9-3-7(12)2-8(4-9)14(16)17/h2-4,10H,5-6H2,1H3. The molecule has 0 aliphatic carbocycles. The van der Waals surface area contributed by atoms with Crippen molar-refractivity contribution in [1.29, 1.82) is 0 Å². The highest BCUT2D eigenvalue weighted by Gasteiger charge is 2.33. The summed E-state index contributed by atoms with van der Waals surface area (Å²) in [5.74, 6) is -0.672. The molecule has 0 spiro atoms. The lowest BCUT2D eigenvalue weighted by atomic mass is 10.2. The average molecular weight is 270 g/mol. The number of rotatable bonds is 3. The van der Waals surface area contributed by atoms with Crippen LogP contribution in [0.2, 0.25) is 0 Å². The van der Waals surface area contributed by atoms with Crippen molar-refractivity contribution in [2.24, 2.45) is 0 Å². The number of benzene rings is 1. The van der Waals surface area contributed by atoms with E-state index in [0.717, 1.165) is 18.2 Å². The van der Waals surface area contributed by atoms with E-state index in [0.29, 0.717) is 13.1 Å². The van der Waals surface area contributed by atoms with Crippen LogP contribution in [-0.2, 0) is 4.74 Å². The fourth-order valence-electron chi connectivity index (χ4n) is 1.70. The minimum Gasteiger partial charge on any atom is -0.486 e. The minimum atomic E-state index is -0.742. The lowest BCUT2D eigenvalue weighted by Crippen LogP contribution is -2.56. The van der Waals surface area contributed by atoms with Gasteiger partial charge in [0.05, 0.1) is 37.3 Å². The van der Waals surface area contributed by atoms with Crippen LogP contribution < -0.4 is 4.74 Å². The molecular formula is C11H11FN2O5. The second kappa shape index (κ2) is 5.09. The molecule has 1 aromatic carbocycles. The Hall–Kier alpha value is -2.38. The van der Waals surface area contributed by atoms with Gasteiger partial charge in [-0.05, 0) is 0 Å². The van der Waals surface area contributed by atoms with Crippen LogP contribution in [0.3, 0.4) is 0 Å². The Balaban J connectivity index is 1.98. The molecule has 19 heavy (non-hydrogen) atoms. The van der Waals surface area contributed by atoms with Gasteiger partial charge >= 0.3 is 6.09 Å². The van der Waals surface area contributed by atoms with E-state index in [2.05, 4.69) is 4.74 Å². The van der Waals surface area contributed by atoms with Crippen LogP contribution in [0.1, 0.15) is 0 Å². The summed E-state index contributed by atoms with van der Waals surface area (Å²) in [5.41, 5.74) is -0.376. The average Bonchev–Trinajstić information content (AvgIpc) is 2.31. The Kier molecular flexibility index (Phi) is 3.50. The molecule has 7 nitrogen and oxygen atoms in total. The van der Waals surface area contributed by atoms with Crippen LogP contribution in [0.15, 0.2) is 18.2 Å². The molecule has 0 atom stereocenters. The summed E-state index contributed by atoms with van der Waals surface area (Å²) in [6.07, 6.45) is -0.787. The highest BCUT2D eigenvalue weighted by atomic mass is 19.1. The number of carbonyl (C=O) groups is 1. The van der Waals surface area contributed by atoms with Gasteiger partial charge in [-0.3, -0.25) is 10.1 Å². The molecule has 0 N–H and O–H groups in total. The predicted molar refractivity (Wildman–Crippen MR) is 61.4 cm³/mol. The van der Waals surface area contributed by atoms with Crippen molar-refractivity contribution in [3.8, 4) is 5.75 Å². The number of ether oxygens (including phenoxy) is 2. The van der Waals surface area contributed by atoms with Crippen LogP contribution in [-0.4, -0.2) is 42.2 Å². The van der Waals surface area contributed by atoms with Gasteiger partial charge in [-0.25, -0.2) is 9.18 Å². The summed E-state index contributed by atoms with van der Waals surface area (Å²) >= 11 is 0. The zero-order valence-corrected chi connectivity index (χ0v) is 10.0. The number of nitro groups is 1. The van der Waals surface area contributed by atoms with Gasteiger partial charge in [0.1, 0.15) is 17.7 Å². The van der Waals surface area contributed by atoms with Gasteiger partial charge in [-0.2, -0.15) is 0 Å². The molecule has 1 aromatic rings. The third-order valence-corrected chi connectivity index (χ3v) is 2.65. The number of hydrogen-bond acceptors (Lipinski definition) is 5. The third-order valence-electron chi connectivity index (χ3n) is 2.65. The largest absolute Gasteiger partial charge is 0.486 e. The molecule has 0 saturated carbocycles. The van der Waals surface area contributed by atoms with E-state index in [4.69, 9.17) is 4.74 Å². The molecule has 1 aliphatic rings. The fraction of sp³-hybridized carbons (Fsp3) is 0.364. The second-order valence-electron chi connectivity index (χ2n) is 4.02. The van der Waals surface area contributed by atoms with Crippen LogP contribution in [0, 0.1) is 15.9 Å². The molecule has 0 unspecified atom stereocenters. The number of carbonyl (C=O) groups excluding carboxylic acids is 1. The Morgan fingerprint density at radius 3 is 2.74 bits per heavy atom. The van der Waals surface area contributed by atoms with Crippen molar-refractivity contribution in [3.63, 3.8) is 0 Å². The van der Waals surface area contributed by atoms with Crippen molar-refractivity contribution >= 4 is 11.8 Å². The minimum absolute atomic E-state index is 0.0706. The van der Waals surface area contributed by atoms with Crippen molar-refractivity contribution < 1.29 is 23.6 Å². The number of likely N-dealkylation sites (tertiary alicyclic amines) is 1. The number of nitrogens with zero attached hydrogens (tertiary/aromatic N) is 2. The highest BCUT2D eigenvalue weighted by molar-refractivity contribution is 5.68. The van der Waals surface area contributed by atoms with Crippen molar-refractivity contribution in [2.45, 2.75) is 6.10 Å². The van der Waals surface area contributed by atoms with Crippen molar-refractivity contribution in [3.05, 3.63) is 34.1 Å². The fourth-order valence-corrected chi connectivity index (χ4v) is 1.70. The molecule has 1 aliphatic heterocycles. The van der Waals surface area contributed by atoms with Gasteiger partial charge in [0.2, 0.25) is 0 Å². The van der Waals surface area contributed by atoms with Crippen molar-refractivity contribution in [2.75, 3.05) is 20.2 Å². The van der Waals surface area contributed by atoms with Gasteiger partial charge in [0, 0.05) is 6.07 Å². The van der Waals surface area contributed by atoms with Gasteiger partial charge in [-0.15, -0.1) is 0 Å². The number of hydrogen-bond donors (Lipinski definition) is 0. The second-order valence-corrected chi connectivity index (χ2v) is 4.02. The third kappa shape index (κ3) is 2.90. The summed E-state index contributed by atoms with van der Waals surface area (Å²) in [4.78, 5) is 22.4. The Morgan fingerprint density at radius 2 is 2.16 bits per heavy atom. The number of methoxy groups -OCH3 is 1. The molecule has 1 heterocycles. The van der Waals surface area contributed by atoms with E-state index in [1.807, 2.05) is 0 Å². The summed E-state index contributed by atoms with van der Waals surface area (Å²) in [6, 6.07) is 3.02. The number of amides is 1. The maximum atomic E-state index is 13.2. The Labute approximate surface area is 107 Å². The number of nitro benzene ring substituents is 1. The molecule has 0 aromatic heterocycles. The van der Waals surface area contributed by atoms with E-state index >= 15 is 0 Å². The monoisotopic (exact) mass is 270 g/mol. The zero-order valence-electron chi connectivity index (χ0n) is 10.0. The van der Waals surface area contributed by atoms with Gasteiger partial charge in [-0.1, -0.05) is 0 Å². The van der Waals surface area contributed by atoms with E-state index in [1.54, 1.807) is 0 Å². The Morgan fingerprint density at radius 1 is 1.47 bits per heavy atom. The van der Waals surface area contributed by atoms with E-state index in [-0.39, 0.29) is 17.5 Å². The van der Waals surface area contributed by atoms with E-state index in [1.165, 1.54) is 12.0 Å². The normalized spacial score (nSPS) is 14.7. The lowest BCUT2D eigenvalue weighted by Gasteiger charge is -2.37. The quantitative estimate of drug-likeness (QED) is 0.615. The summed E-state index contributed by atoms with van der Waals surface area (Å²) in [6.45, 7) is 0.605. The molecule has 1 amide bonds. The Bertz CT molecular complexity index is 516. The molecule has 1 saturated heterocycles. The zero-order chi connectivity index (χ0) is 14.0. The number of halogens is 1. The summed E-state index contributed by atoms with van der Waals surface area (Å²) in [7, 11) is 1.27. The van der Waals surface area contributed by atoms with Gasteiger partial charge < -0.3 is 14.4 Å². The molecule has 0 bridgehead atoms. The van der Waals surface area contributed by atoms with E-state index < -0.39 is 16.8 Å². The van der Waals surface area contributed by atoms with Crippen molar-refractivity contribution in [1.82, 2.24) is 4.90 Å². The lowest BCUT2D eigenvalue weighted by molar-refractivity contribution is -0.385. The molecule has 102 valence electrons. The molecule has 1 fully saturated rings. The number of non-ortho nitro benzene ring substituents is 1. The first kappa shape index (κ1) is 13.1. The maximum Gasteiger partial charge on any atom is 0.409 e. The summed E-state index contributed by atoms with van der Waals surface area (Å²) < 4.78 is 23.0. The molecule has 0 radical (unpaired) electrons. The van der Waals surface area contributed by atoms with Crippen LogP contribution in [0.4, 0.5) is 14.9 Å².